The minimum atomic E-state index is -0.572. The second-order valence-electron chi connectivity index (χ2n) is 15.6. The number of H-pyrrole nitrogens is 2. The lowest BCUT2D eigenvalue weighted by atomic mass is 10.0. The van der Waals surface area contributed by atoms with E-state index in [-0.39, 0.29) is 41.8 Å². The fourth-order valence-electron chi connectivity index (χ4n) is 7.76. The summed E-state index contributed by atoms with van der Waals surface area (Å²) in [5.74, 6) is 1.89. The molecule has 2 aliphatic rings. The van der Waals surface area contributed by atoms with Crippen LogP contribution in [-0.2, 0) is 24.0 Å². The van der Waals surface area contributed by atoms with Crippen molar-refractivity contribution in [2.75, 3.05) is 27.9 Å². The van der Waals surface area contributed by atoms with Crippen molar-refractivity contribution in [1.29, 1.82) is 0 Å². The van der Waals surface area contributed by atoms with Gasteiger partial charge >= 0.3 is 0 Å². The number of amides is 3. The molecule has 4 aromatic rings. The van der Waals surface area contributed by atoms with E-state index in [2.05, 4.69) is 93.4 Å². The molecule has 0 aliphatic carbocycles. The lowest BCUT2D eigenvalue weighted by Gasteiger charge is -2.32. The molecule has 2 aromatic carbocycles. The molecule has 2 aromatic heterocycles. The third-order valence-corrected chi connectivity index (χ3v) is 10.7. The molecule has 3 amide bonds. The average molecular weight is 770 g/mol. The van der Waals surface area contributed by atoms with Crippen molar-refractivity contribution in [3.63, 3.8) is 0 Å². The first-order chi connectivity index (χ1) is 26.9. The first-order valence-corrected chi connectivity index (χ1v) is 19.5. The van der Waals surface area contributed by atoms with Gasteiger partial charge in [0.25, 0.3) is 0 Å². The van der Waals surface area contributed by atoms with Crippen LogP contribution in [0, 0.1) is 17.8 Å². The van der Waals surface area contributed by atoms with Gasteiger partial charge in [-0.05, 0) is 66.2 Å². The van der Waals surface area contributed by atoms with Gasteiger partial charge in [0.15, 0.2) is 0 Å². The van der Waals surface area contributed by atoms with Crippen LogP contribution in [-0.4, -0.2) is 94.0 Å². The molecule has 6 rings (SSSR count). The summed E-state index contributed by atoms with van der Waals surface area (Å²) >= 11 is 0. The largest absolute Gasteiger partial charge is 0.388 e. The van der Waals surface area contributed by atoms with Crippen LogP contribution in [0.25, 0.3) is 33.6 Å². The summed E-state index contributed by atoms with van der Waals surface area (Å²) in [5, 5.41) is 2.72. The van der Waals surface area contributed by atoms with Crippen LogP contribution < -0.4 is 16.3 Å². The highest BCUT2D eigenvalue weighted by Gasteiger charge is 2.41. The number of likely N-dealkylation sites (tertiary alicyclic amines) is 2. The lowest BCUT2D eigenvalue weighted by Crippen LogP contribution is -2.53. The van der Waals surface area contributed by atoms with Crippen molar-refractivity contribution in [1.82, 2.24) is 46.1 Å². The molecule has 2 fully saturated rings. The minimum absolute atomic E-state index is 0.0201. The first kappa shape index (κ1) is 42.3. The van der Waals surface area contributed by atoms with Gasteiger partial charge in [0.2, 0.25) is 18.2 Å². The number of rotatable bonds is 14. The summed E-state index contributed by atoms with van der Waals surface area (Å²) in [6, 6.07) is 15.5. The fourth-order valence-corrected chi connectivity index (χ4v) is 7.76. The normalized spacial score (nSPS) is 20.6. The molecule has 0 bridgehead atoms. The van der Waals surface area contributed by atoms with Gasteiger partial charge in [0, 0.05) is 26.8 Å². The number of hydrogen-bond donors (Lipinski definition) is 5. The summed E-state index contributed by atoms with van der Waals surface area (Å²) in [6.07, 6.45) is 6.80. The first-order valence-electron chi connectivity index (χ1n) is 19.5. The number of methoxy groups -OCH3 is 1. The zero-order valence-corrected chi connectivity index (χ0v) is 34.1. The lowest BCUT2D eigenvalue weighted by molar-refractivity contribution is -0.139. The van der Waals surface area contributed by atoms with Gasteiger partial charge in [-0.15, -0.1) is 5.59 Å². The van der Waals surface area contributed by atoms with E-state index < -0.39 is 12.1 Å². The highest BCUT2D eigenvalue weighted by Crippen LogP contribution is 2.38. The number of carbonyl (C=O) groups excluding carboxylic acids is 3. The monoisotopic (exact) mass is 769 g/mol. The topological polar surface area (TPSA) is 170 Å². The van der Waals surface area contributed by atoms with Gasteiger partial charge in [-0.1, -0.05) is 83.1 Å². The Hall–Kier alpha value is -4.89. The fraction of sp³-hybridized carbons (Fsp3) is 0.500. The molecule has 302 valence electrons. The number of nitrogens with one attached hydrogen (secondary N) is 5. The van der Waals surface area contributed by atoms with Crippen molar-refractivity contribution < 1.29 is 24.0 Å². The summed E-state index contributed by atoms with van der Waals surface area (Å²) in [6.45, 7) is 12.8. The van der Waals surface area contributed by atoms with Crippen molar-refractivity contribution >= 4 is 18.2 Å². The Kier molecular flexibility index (Phi) is 14.6. The van der Waals surface area contributed by atoms with Crippen molar-refractivity contribution in [2.24, 2.45) is 17.8 Å². The van der Waals surface area contributed by atoms with Gasteiger partial charge in [-0.2, -0.15) is 0 Å². The van der Waals surface area contributed by atoms with Gasteiger partial charge in [0.05, 0.1) is 43.0 Å². The van der Waals surface area contributed by atoms with Crippen LogP contribution in [0.4, 0.5) is 0 Å². The Morgan fingerprint density at radius 1 is 0.768 bits per heavy atom. The molecule has 2 aliphatic heterocycles. The van der Waals surface area contributed by atoms with E-state index in [0.717, 1.165) is 64.6 Å². The van der Waals surface area contributed by atoms with Crippen LogP contribution in [0.3, 0.4) is 0 Å². The van der Waals surface area contributed by atoms with E-state index in [1.165, 1.54) is 7.11 Å². The minimum Gasteiger partial charge on any atom is -0.388 e. The second-order valence-corrected chi connectivity index (χ2v) is 15.6. The van der Waals surface area contributed by atoms with Crippen molar-refractivity contribution in [3.8, 4) is 33.6 Å². The molecule has 14 nitrogen and oxygen atoms in total. The van der Waals surface area contributed by atoms with Crippen LogP contribution in [0.1, 0.15) is 84.5 Å². The molecule has 2 saturated heterocycles. The number of imidazole rings is 2. The maximum atomic E-state index is 13.6. The Morgan fingerprint density at radius 3 is 1.75 bits per heavy atom. The number of aromatic nitrogens is 4. The van der Waals surface area contributed by atoms with Gasteiger partial charge in [-0.3, -0.25) is 19.2 Å². The maximum Gasteiger partial charge on any atom is 0.246 e. The van der Waals surface area contributed by atoms with Gasteiger partial charge in [-0.25, -0.2) is 15.4 Å². The SMILES string of the molecule is COC.CONNC(C(=O)N1CC(C)CC1c1ncc(-c2ccc(-c3ccc(-c4cnc(C5CCC(C)N5C(=O)C(NC=O)C(C)C)[nH]4)cc3)cc2)[nH]1)C(C)C. The molecule has 0 saturated carbocycles. The molecule has 0 radical (unpaired) electrons. The smallest absolute Gasteiger partial charge is 0.246 e. The highest BCUT2D eigenvalue weighted by molar-refractivity contribution is 5.85. The van der Waals surface area contributed by atoms with E-state index in [1.807, 2.05) is 49.9 Å². The maximum absolute atomic E-state index is 13.6. The molecular weight excluding hydrogens is 711 g/mol. The quantitative estimate of drug-likeness (QED) is 0.0785. The van der Waals surface area contributed by atoms with E-state index in [1.54, 1.807) is 14.2 Å². The van der Waals surface area contributed by atoms with E-state index >= 15 is 0 Å². The number of carbonyl (C=O) groups is 3. The summed E-state index contributed by atoms with van der Waals surface area (Å²) < 4.78 is 4.25. The predicted octanol–water partition coefficient (Wildman–Crippen LogP) is 5.81. The predicted molar refractivity (Wildman–Crippen MR) is 216 cm³/mol. The standard InChI is InChI=1S/C40H53N9O4.C2H6O/c1-23(2)35(43-22-50)40(52)49-26(6)8-17-33(49)37-41-19-31(44-37)29-13-9-27(10-14-29)28-11-15-30(16-12-28)32-20-42-38(45-32)34-18-25(5)21-48(34)39(51)36(24(3)4)46-47-53-7;1-3-2/h9-16,19-20,22-26,33-36,46-47H,8,17-18,21H2,1-7H3,(H,41,44)(H,42,45)(H,43,50);1-2H3. The Labute approximate surface area is 330 Å². The number of hydrazine groups is 1. The third-order valence-electron chi connectivity index (χ3n) is 10.7. The molecular formula is C42H59N9O5. The number of hydrogen-bond acceptors (Lipinski definition) is 9. The Balaban J connectivity index is 0.00000194. The van der Waals surface area contributed by atoms with Crippen LogP contribution >= 0.6 is 0 Å². The summed E-state index contributed by atoms with van der Waals surface area (Å²) in [5.41, 5.74) is 11.6. The second kappa shape index (κ2) is 19.3. The molecule has 5 N–H and O–H groups in total. The number of nitrogens with zero attached hydrogens (tertiary/aromatic N) is 4. The average Bonchev–Trinajstić information content (AvgIpc) is 4.01. The molecule has 6 unspecified atom stereocenters. The summed E-state index contributed by atoms with van der Waals surface area (Å²) in [7, 11) is 4.76. The number of aromatic amines is 2. The van der Waals surface area contributed by atoms with Crippen LogP contribution in [0.15, 0.2) is 60.9 Å². The van der Waals surface area contributed by atoms with E-state index in [0.29, 0.717) is 18.9 Å². The van der Waals surface area contributed by atoms with Crippen LogP contribution in [0.2, 0.25) is 0 Å². The summed E-state index contributed by atoms with van der Waals surface area (Å²) in [4.78, 5) is 63.6. The number of ether oxygens (including phenoxy) is 1. The molecule has 14 heteroatoms. The van der Waals surface area contributed by atoms with Crippen molar-refractivity contribution in [3.05, 3.63) is 72.6 Å². The zero-order valence-electron chi connectivity index (χ0n) is 34.1. The third kappa shape index (κ3) is 9.55. The van der Waals surface area contributed by atoms with E-state index in [9.17, 15) is 14.4 Å². The Bertz CT molecular complexity index is 1870. The molecule has 6 atom stereocenters. The highest BCUT2D eigenvalue weighted by atomic mass is 16.7. The van der Waals surface area contributed by atoms with Gasteiger partial charge < -0.3 is 29.8 Å². The van der Waals surface area contributed by atoms with Gasteiger partial charge in [0.1, 0.15) is 23.7 Å². The number of benzene rings is 2. The van der Waals surface area contributed by atoms with Crippen molar-refractivity contribution in [2.45, 2.75) is 91.0 Å². The Morgan fingerprint density at radius 2 is 1.27 bits per heavy atom. The van der Waals surface area contributed by atoms with E-state index in [4.69, 9.17) is 14.8 Å². The molecule has 0 spiro atoms. The zero-order chi connectivity index (χ0) is 40.5. The molecule has 56 heavy (non-hydrogen) atoms. The van der Waals surface area contributed by atoms with Crippen LogP contribution in [0.5, 0.6) is 0 Å². The molecule has 4 heterocycles.